The van der Waals surface area contributed by atoms with Crippen LogP contribution in [0.4, 0.5) is 0 Å². The first-order chi connectivity index (χ1) is 27.7. The summed E-state index contributed by atoms with van der Waals surface area (Å²) in [7, 11) is 0. The van der Waals surface area contributed by atoms with Gasteiger partial charge < -0.3 is 8.83 Å². The molecule has 8 aromatic carbocycles. The van der Waals surface area contributed by atoms with Crippen molar-refractivity contribution in [1.82, 2.24) is 15.0 Å². The number of nitrogens with zero attached hydrogens (tertiary/aromatic N) is 3. The molecule has 56 heavy (non-hydrogen) atoms. The van der Waals surface area contributed by atoms with E-state index in [9.17, 15) is 0 Å². The Kier molecular flexibility index (Phi) is 7.42. The highest BCUT2D eigenvalue weighted by molar-refractivity contribution is 6.16. The standard InChI is InChI=1S/C51H31N3O2/c1-4-14-32(15-5-1)35-20-12-21-37(28-35)50-52-49(34-18-8-3-9-19-34)53-51(54-50)40-23-13-25-45-48(40)42-29-36(26-27-44(42)55-45)41-30-38(33-16-6-2-7-17-33)31-46-47(41)39-22-10-11-24-43(39)56-46/h1-31H. The fourth-order valence-electron chi connectivity index (χ4n) is 7.87. The van der Waals surface area contributed by atoms with Gasteiger partial charge in [-0.15, -0.1) is 0 Å². The van der Waals surface area contributed by atoms with Gasteiger partial charge in [0, 0.05) is 38.2 Å². The average Bonchev–Trinajstić information content (AvgIpc) is 3.85. The third kappa shape index (κ3) is 5.45. The number of furan rings is 2. The molecule has 3 aromatic heterocycles. The summed E-state index contributed by atoms with van der Waals surface area (Å²) in [5.41, 5.74) is 12.6. The van der Waals surface area contributed by atoms with Crippen molar-refractivity contribution in [1.29, 1.82) is 0 Å². The van der Waals surface area contributed by atoms with Crippen molar-refractivity contribution < 1.29 is 8.83 Å². The van der Waals surface area contributed by atoms with E-state index >= 15 is 0 Å². The van der Waals surface area contributed by atoms with Gasteiger partial charge in [0.1, 0.15) is 22.3 Å². The molecule has 0 saturated heterocycles. The normalized spacial score (nSPS) is 11.6. The molecule has 0 aliphatic carbocycles. The summed E-state index contributed by atoms with van der Waals surface area (Å²) in [5.74, 6) is 1.78. The highest BCUT2D eigenvalue weighted by Gasteiger charge is 2.20. The van der Waals surface area contributed by atoms with Gasteiger partial charge in [0.05, 0.1) is 0 Å². The molecule has 0 unspecified atom stereocenters. The first-order valence-electron chi connectivity index (χ1n) is 18.7. The summed E-state index contributed by atoms with van der Waals surface area (Å²) in [5, 5.41) is 4.09. The molecule has 0 radical (unpaired) electrons. The largest absolute Gasteiger partial charge is 0.456 e. The quantitative estimate of drug-likeness (QED) is 0.171. The zero-order valence-electron chi connectivity index (χ0n) is 30.1. The van der Waals surface area contributed by atoms with Crippen LogP contribution in [0.1, 0.15) is 0 Å². The minimum absolute atomic E-state index is 0.576. The second-order valence-electron chi connectivity index (χ2n) is 14.0. The number of hydrogen-bond acceptors (Lipinski definition) is 5. The Morgan fingerprint density at radius 3 is 1.61 bits per heavy atom. The molecule has 3 heterocycles. The molecule has 11 aromatic rings. The molecule has 0 saturated carbocycles. The van der Waals surface area contributed by atoms with Gasteiger partial charge in [-0.2, -0.15) is 0 Å². The predicted octanol–water partition coefficient (Wildman–Crippen LogP) is 13.7. The molecule has 0 N–H and O–H groups in total. The first kappa shape index (κ1) is 31.9. The van der Waals surface area contributed by atoms with Crippen molar-refractivity contribution in [3.63, 3.8) is 0 Å². The highest BCUT2D eigenvalue weighted by atomic mass is 16.3. The lowest BCUT2D eigenvalue weighted by Gasteiger charge is -2.11. The van der Waals surface area contributed by atoms with Gasteiger partial charge >= 0.3 is 0 Å². The van der Waals surface area contributed by atoms with E-state index in [1.165, 1.54) is 0 Å². The van der Waals surface area contributed by atoms with E-state index in [4.69, 9.17) is 23.8 Å². The average molecular weight is 718 g/mol. The molecule has 5 heteroatoms. The number of hydrogen-bond donors (Lipinski definition) is 0. The molecule has 262 valence electrons. The summed E-state index contributed by atoms with van der Waals surface area (Å²) in [4.78, 5) is 15.4. The number of benzene rings is 8. The topological polar surface area (TPSA) is 65.0 Å². The number of rotatable bonds is 6. The van der Waals surface area contributed by atoms with E-state index in [-0.39, 0.29) is 0 Å². The first-order valence-corrected chi connectivity index (χ1v) is 18.7. The summed E-state index contributed by atoms with van der Waals surface area (Å²) >= 11 is 0. The van der Waals surface area contributed by atoms with Crippen LogP contribution in [0.3, 0.4) is 0 Å². The van der Waals surface area contributed by atoms with Gasteiger partial charge in [-0.1, -0.05) is 146 Å². The van der Waals surface area contributed by atoms with Crippen molar-refractivity contribution in [2.75, 3.05) is 0 Å². The van der Waals surface area contributed by atoms with Gasteiger partial charge in [0.2, 0.25) is 0 Å². The number of aromatic nitrogens is 3. The number of para-hydroxylation sites is 1. The lowest BCUT2D eigenvalue weighted by atomic mass is 9.93. The van der Waals surface area contributed by atoms with Crippen LogP contribution in [0.2, 0.25) is 0 Å². The maximum Gasteiger partial charge on any atom is 0.164 e. The zero-order valence-corrected chi connectivity index (χ0v) is 30.1. The fourth-order valence-corrected chi connectivity index (χ4v) is 7.87. The van der Waals surface area contributed by atoms with E-state index in [1.54, 1.807) is 0 Å². The van der Waals surface area contributed by atoms with Crippen molar-refractivity contribution in [2.45, 2.75) is 0 Å². The molecule has 0 bridgehead atoms. The molecule has 0 atom stereocenters. The smallest absolute Gasteiger partial charge is 0.164 e. The monoisotopic (exact) mass is 717 g/mol. The molecule has 0 amide bonds. The van der Waals surface area contributed by atoms with Crippen molar-refractivity contribution >= 4 is 43.9 Å². The molecule has 0 fully saturated rings. The maximum atomic E-state index is 6.55. The van der Waals surface area contributed by atoms with Gasteiger partial charge in [-0.05, 0) is 75.8 Å². The molecule has 0 aliphatic heterocycles. The SMILES string of the molecule is c1ccc(-c2cccc(-c3nc(-c4ccccc4)nc(-c4cccc5oc6ccc(-c7cc(-c8ccccc8)cc8oc9ccccc9c78)cc6c45)n3)c2)cc1. The van der Waals surface area contributed by atoms with Crippen LogP contribution < -0.4 is 0 Å². The van der Waals surface area contributed by atoms with E-state index < -0.39 is 0 Å². The third-order valence-corrected chi connectivity index (χ3v) is 10.5. The van der Waals surface area contributed by atoms with Crippen LogP contribution in [0.25, 0.3) is 111 Å². The minimum atomic E-state index is 0.576. The van der Waals surface area contributed by atoms with Gasteiger partial charge in [0.15, 0.2) is 17.5 Å². The lowest BCUT2D eigenvalue weighted by Crippen LogP contribution is -2.00. The molecule has 5 nitrogen and oxygen atoms in total. The highest BCUT2D eigenvalue weighted by Crippen LogP contribution is 2.43. The second kappa shape index (κ2) is 13.0. The predicted molar refractivity (Wildman–Crippen MR) is 227 cm³/mol. The van der Waals surface area contributed by atoms with E-state index in [2.05, 4.69) is 121 Å². The Labute approximate surface area is 322 Å². The Morgan fingerprint density at radius 1 is 0.268 bits per heavy atom. The van der Waals surface area contributed by atoms with E-state index in [1.807, 2.05) is 66.7 Å². The lowest BCUT2D eigenvalue weighted by molar-refractivity contribution is 0.669. The van der Waals surface area contributed by atoms with Crippen LogP contribution in [-0.2, 0) is 0 Å². The van der Waals surface area contributed by atoms with Crippen LogP contribution in [0.5, 0.6) is 0 Å². The van der Waals surface area contributed by atoms with Crippen LogP contribution in [0, 0.1) is 0 Å². The van der Waals surface area contributed by atoms with E-state index in [0.717, 1.165) is 93.9 Å². The molecule has 0 spiro atoms. The summed E-state index contributed by atoms with van der Waals surface area (Å²) in [6.07, 6.45) is 0. The maximum absolute atomic E-state index is 6.55. The Morgan fingerprint density at radius 2 is 0.821 bits per heavy atom. The Balaban J connectivity index is 1.13. The molecular formula is C51H31N3O2. The molecular weight excluding hydrogens is 687 g/mol. The zero-order chi connectivity index (χ0) is 37.0. The third-order valence-electron chi connectivity index (χ3n) is 10.5. The fraction of sp³-hybridized carbons (Fsp3) is 0. The van der Waals surface area contributed by atoms with Crippen molar-refractivity contribution in [3.05, 3.63) is 188 Å². The van der Waals surface area contributed by atoms with Crippen molar-refractivity contribution in [3.8, 4) is 67.5 Å². The van der Waals surface area contributed by atoms with Gasteiger partial charge in [-0.25, -0.2) is 15.0 Å². The Bertz CT molecular complexity index is 3240. The summed E-state index contributed by atoms with van der Waals surface area (Å²) < 4.78 is 13.0. The Hall–Kier alpha value is -7.63. The summed E-state index contributed by atoms with van der Waals surface area (Å²) in [6, 6.07) is 64.5. The number of fused-ring (bicyclic) bond motifs is 6. The second-order valence-corrected chi connectivity index (χ2v) is 14.0. The van der Waals surface area contributed by atoms with E-state index in [0.29, 0.717) is 17.5 Å². The van der Waals surface area contributed by atoms with Gasteiger partial charge in [0.25, 0.3) is 0 Å². The van der Waals surface area contributed by atoms with Gasteiger partial charge in [-0.3, -0.25) is 0 Å². The van der Waals surface area contributed by atoms with Crippen LogP contribution >= 0.6 is 0 Å². The molecule has 0 aliphatic rings. The minimum Gasteiger partial charge on any atom is -0.456 e. The van der Waals surface area contributed by atoms with Crippen molar-refractivity contribution in [2.24, 2.45) is 0 Å². The summed E-state index contributed by atoms with van der Waals surface area (Å²) in [6.45, 7) is 0. The van der Waals surface area contributed by atoms with Crippen LogP contribution in [0.15, 0.2) is 197 Å². The molecule has 11 rings (SSSR count). The van der Waals surface area contributed by atoms with Crippen LogP contribution in [-0.4, -0.2) is 15.0 Å².